The van der Waals surface area contributed by atoms with Crippen LogP contribution in [-0.2, 0) is 12.8 Å². The molecule has 3 rings (SSSR count). The Balaban J connectivity index is 1.87. The first-order valence-corrected chi connectivity index (χ1v) is 7.27. The molecule has 0 bridgehead atoms. The van der Waals surface area contributed by atoms with Gasteiger partial charge in [-0.15, -0.1) is 0 Å². The van der Waals surface area contributed by atoms with Gasteiger partial charge in [-0.3, -0.25) is 0 Å². The quantitative estimate of drug-likeness (QED) is 0.883. The summed E-state index contributed by atoms with van der Waals surface area (Å²) in [6.07, 6.45) is 4.41. The van der Waals surface area contributed by atoms with E-state index in [4.69, 9.17) is 0 Å². The molecule has 1 aliphatic heterocycles. The third-order valence-electron chi connectivity index (χ3n) is 4.34. The van der Waals surface area contributed by atoms with Crippen molar-refractivity contribution < 1.29 is 0 Å². The summed E-state index contributed by atoms with van der Waals surface area (Å²) in [7, 11) is 2.23. The molecule has 0 radical (unpaired) electrons. The minimum atomic E-state index is 0.609. The number of rotatable bonds is 3. The van der Waals surface area contributed by atoms with Crippen molar-refractivity contribution in [2.45, 2.75) is 25.8 Å². The van der Waals surface area contributed by atoms with Gasteiger partial charge in [0.15, 0.2) is 0 Å². The van der Waals surface area contributed by atoms with Crippen LogP contribution in [0.1, 0.15) is 18.1 Å². The molecule has 1 saturated heterocycles. The van der Waals surface area contributed by atoms with Gasteiger partial charge in [0.25, 0.3) is 0 Å². The first-order valence-electron chi connectivity index (χ1n) is 7.27. The fraction of sp³-hybridized carbons (Fsp3) is 0.500. The maximum absolute atomic E-state index is 3.50. The molecular formula is C16H23N3. The van der Waals surface area contributed by atoms with Crippen LogP contribution in [0.2, 0.25) is 0 Å². The Morgan fingerprint density at radius 3 is 3.05 bits per heavy atom. The van der Waals surface area contributed by atoms with Gasteiger partial charge >= 0.3 is 0 Å². The number of aryl methyl sites for hydroxylation is 1. The second-order valence-corrected chi connectivity index (χ2v) is 5.59. The molecule has 2 N–H and O–H groups in total. The predicted octanol–water partition coefficient (Wildman–Crippen LogP) is 2.18. The van der Waals surface area contributed by atoms with Crippen LogP contribution in [0.3, 0.4) is 0 Å². The Hall–Kier alpha value is -1.32. The number of nitrogens with one attached hydrogen (secondary N) is 2. The molecule has 0 amide bonds. The summed E-state index contributed by atoms with van der Waals surface area (Å²) in [4.78, 5) is 5.88. The van der Waals surface area contributed by atoms with Crippen molar-refractivity contribution in [1.29, 1.82) is 0 Å². The molecule has 1 aromatic heterocycles. The third kappa shape index (κ3) is 2.53. The van der Waals surface area contributed by atoms with E-state index in [-0.39, 0.29) is 0 Å². The lowest BCUT2D eigenvalue weighted by Gasteiger charge is -2.33. The van der Waals surface area contributed by atoms with E-state index in [1.807, 2.05) is 0 Å². The number of nitrogens with zero attached hydrogens (tertiary/aromatic N) is 1. The molecule has 3 heteroatoms. The minimum absolute atomic E-state index is 0.609. The first-order chi connectivity index (χ1) is 9.28. The summed E-state index contributed by atoms with van der Waals surface area (Å²) < 4.78 is 0. The molecule has 1 unspecified atom stereocenters. The van der Waals surface area contributed by atoms with Gasteiger partial charge in [0, 0.05) is 42.8 Å². The van der Waals surface area contributed by atoms with Crippen LogP contribution in [0.15, 0.2) is 24.4 Å². The van der Waals surface area contributed by atoms with Crippen molar-refractivity contribution in [2.75, 3.05) is 26.7 Å². The zero-order chi connectivity index (χ0) is 13.2. The summed E-state index contributed by atoms with van der Waals surface area (Å²) in [6, 6.07) is 7.38. The Morgan fingerprint density at radius 1 is 1.37 bits per heavy atom. The van der Waals surface area contributed by atoms with Crippen molar-refractivity contribution in [2.24, 2.45) is 0 Å². The standard InChI is InChI=1S/C16H23N3/c1-3-12-4-5-16-15(8-12)13(10-18-16)9-14-11-17-6-7-19(14)2/h4-5,8,10,14,17-18H,3,6-7,9,11H2,1-2H3. The monoisotopic (exact) mass is 257 g/mol. The molecule has 1 atom stereocenters. The average molecular weight is 257 g/mol. The van der Waals surface area contributed by atoms with Crippen LogP contribution in [0.4, 0.5) is 0 Å². The lowest BCUT2D eigenvalue weighted by molar-refractivity contribution is 0.199. The second-order valence-electron chi connectivity index (χ2n) is 5.59. The number of piperazine rings is 1. The van der Waals surface area contributed by atoms with Crippen molar-refractivity contribution in [3.8, 4) is 0 Å². The molecule has 19 heavy (non-hydrogen) atoms. The maximum Gasteiger partial charge on any atom is 0.0456 e. The normalized spacial score (nSPS) is 21.1. The zero-order valence-corrected chi connectivity index (χ0v) is 11.9. The van der Waals surface area contributed by atoms with E-state index < -0.39 is 0 Å². The van der Waals surface area contributed by atoms with Gasteiger partial charge in [0.05, 0.1) is 0 Å². The number of benzene rings is 1. The molecular weight excluding hydrogens is 234 g/mol. The molecule has 0 spiro atoms. The lowest BCUT2D eigenvalue weighted by Crippen LogP contribution is -2.50. The number of fused-ring (bicyclic) bond motifs is 1. The van der Waals surface area contributed by atoms with Gasteiger partial charge in [0.2, 0.25) is 0 Å². The van der Waals surface area contributed by atoms with Crippen molar-refractivity contribution in [3.05, 3.63) is 35.5 Å². The Bertz CT molecular complexity index is 558. The van der Waals surface area contributed by atoms with Crippen molar-refractivity contribution in [3.63, 3.8) is 0 Å². The van der Waals surface area contributed by atoms with Gasteiger partial charge in [-0.2, -0.15) is 0 Å². The van der Waals surface area contributed by atoms with E-state index in [2.05, 4.69) is 53.6 Å². The van der Waals surface area contributed by atoms with Gasteiger partial charge in [0.1, 0.15) is 0 Å². The molecule has 1 fully saturated rings. The van der Waals surface area contributed by atoms with E-state index in [9.17, 15) is 0 Å². The highest BCUT2D eigenvalue weighted by Gasteiger charge is 2.20. The number of H-pyrrole nitrogens is 1. The Kier molecular flexibility index (Phi) is 3.58. The molecule has 0 aliphatic carbocycles. The predicted molar refractivity (Wildman–Crippen MR) is 80.7 cm³/mol. The lowest BCUT2D eigenvalue weighted by atomic mass is 10.0. The number of aromatic amines is 1. The van der Waals surface area contributed by atoms with Gasteiger partial charge in [-0.25, -0.2) is 0 Å². The second kappa shape index (κ2) is 5.35. The summed E-state index contributed by atoms with van der Waals surface area (Å²) in [5.41, 5.74) is 4.13. The number of aromatic nitrogens is 1. The molecule has 0 saturated carbocycles. The Labute approximate surface area is 115 Å². The minimum Gasteiger partial charge on any atom is -0.361 e. The largest absolute Gasteiger partial charge is 0.361 e. The van der Waals surface area contributed by atoms with Crippen LogP contribution in [0.25, 0.3) is 10.9 Å². The highest BCUT2D eigenvalue weighted by molar-refractivity contribution is 5.84. The fourth-order valence-electron chi connectivity index (χ4n) is 2.96. The molecule has 3 nitrogen and oxygen atoms in total. The number of hydrogen-bond acceptors (Lipinski definition) is 2. The molecule has 1 aromatic carbocycles. The highest BCUT2D eigenvalue weighted by Crippen LogP contribution is 2.22. The molecule has 102 valence electrons. The fourth-order valence-corrected chi connectivity index (χ4v) is 2.96. The SMILES string of the molecule is CCc1ccc2[nH]cc(CC3CNCCN3C)c2c1. The van der Waals surface area contributed by atoms with Crippen LogP contribution in [0.5, 0.6) is 0 Å². The summed E-state index contributed by atoms with van der Waals surface area (Å²) >= 11 is 0. The smallest absolute Gasteiger partial charge is 0.0456 e. The van der Waals surface area contributed by atoms with Crippen molar-refractivity contribution in [1.82, 2.24) is 15.2 Å². The zero-order valence-electron chi connectivity index (χ0n) is 11.9. The maximum atomic E-state index is 3.50. The van der Waals surface area contributed by atoms with E-state index in [1.165, 1.54) is 22.0 Å². The van der Waals surface area contributed by atoms with E-state index in [0.29, 0.717) is 6.04 Å². The van der Waals surface area contributed by atoms with E-state index >= 15 is 0 Å². The van der Waals surface area contributed by atoms with Gasteiger partial charge in [-0.1, -0.05) is 13.0 Å². The summed E-state index contributed by atoms with van der Waals surface area (Å²) in [5, 5.41) is 4.90. The van der Waals surface area contributed by atoms with Crippen LogP contribution >= 0.6 is 0 Å². The average Bonchev–Trinajstić information content (AvgIpc) is 2.84. The van der Waals surface area contributed by atoms with Crippen molar-refractivity contribution >= 4 is 10.9 Å². The van der Waals surface area contributed by atoms with E-state index in [0.717, 1.165) is 32.5 Å². The third-order valence-corrected chi connectivity index (χ3v) is 4.34. The van der Waals surface area contributed by atoms with Gasteiger partial charge in [-0.05, 0) is 43.1 Å². The van der Waals surface area contributed by atoms with Gasteiger partial charge < -0.3 is 15.2 Å². The molecule has 2 heterocycles. The van der Waals surface area contributed by atoms with Crippen LogP contribution in [0, 0.1) is 0 Å². The Morgan fingerprint density at radius 2 is 2.26 bits per heavy atom. The molecule has 1 aliphatic rings. The first kappa shape index (κ1) is 12.7. The summed E-state index contributed by atoms with van der Waals surface area (Å²) in [5.74, 6) is 0. The van der Waals surface area contributed by atoms with E-state index in [1.54, 1.807) is 0 Å². The highest BCUT2D eigenvalue weighted by atomic mass is 15.2. The number of hydrogen-bond donors (Lipinski definition) is 2. The topological polar surface area (TPSA) is 31.1 Å². The summed E-state index contributed by atoms with van der Waals surface area (Å²) in [6.45, 7) is 5.57. The van der Waals surface area contributed by atoms with Crippen LogP contribution in [-0.4, -0.2) is 42.6 Å². The number of likely N-dealkylation sites (N-methyl/N-ethyl adjacent to an activating group) is 1. The van der Waals surface area contributed by atoms with Crippen LogP contribution < -0.4 is 5.32 Å². The molecule has 2 aromatic rings.